The molecule has 1 unspecified atom stereocenters. The number of rotatable bonds is 3. The van der Waals surface area contributed by atoms with Gasteiger partial charge >= 0.3 is 0 Å². The summed E-state index contributed by atoms with van der Waals surface area (Å²) in [6.45, 7) is 2.97. The number of furan rings is 1. The van der Waals surface area contributed by atoms with Crippen molar-refractivity contribution >= 4 is 34.4 Å². The van der Waals surface area contributed by atoms with E-state index in [0.717, 1.165) is 36.6 Å². The van der Waals surface area contributed by atoms with Crippen LogP contribution in [0.15, 0.2) is 22.6 Å². The van der Waals surface area contributed by atoms with Gasteiger partial charge in [-0.1, -0.05) is 23.7 Å². The van der Waals surface area contributed by atoms with Crippen molar-refractivity contribution in [2.75, 3.05) is 13.1 Å². The van der Waals surface area contributed by atoms with Gasteiger partial charge in [-0.25, -0.2) is 0 Å². The van der Waals surface area contributed by atoms with Gasteiger partial charge in [0, 0.05) is 30.1 Å². The number of carbonyl (C=O) groups is 2. The van der Waals surface area contributed by atoms with Gasteiger partial charge in [-0.2, -0.15) is 0 Å². The van der Waals surface area contributed by atoms with E-state index in [2.05, 4.69) is 5.32 Å². The number of fused-ring (bicyclic) bond motifs is 1. The summed E-state index contributed by atoms with van der Waals surface area (Å²) < 4.78 is 5.79. The average molecular weight is 361 g/mol. The van der Waals surface area contributed by atoms with Crippen LogP contribution in [0, 0.1) is 12.8 Å². The fraction of sp³-hybridized carbons (Fsp3) is 0.474. The van der Waals surface area contributed by atoms with Crippen molar-refractivity contribution in [1.82, 2.24) is 10.2 Å². The summed E-state index contributed by atoms with van der Waals surface area (Å²) in [6.07, 6.45) is 3.79. The van der Waals surface area contributed by atoms with Crippen molar-refractivity contribution in [3.05, 3.63) is 34.5 Å². The maximum atomic E-state index is 13.0. The van der Waals surface area contributed by atoms with Crippen LogP contribution in [0.1, 0.15) is 41.8 Å². The fourth-order valence-electron chi connectivity index (χ4n) is 3.48. The summed E-state index contributed by atoms with van der Waals surface area (Å²) in [5.74, 6) is 0.107. The molecule has 1 atom stereocenters. The molecule has 1 aromatic heterocycles. The molecule has 0 bridgehead atoms. The molecule has 5 nitrogen and oxygen atoms in total. The van der Waals surface area contributed by atoms with Crippen LogP contribution < -0.4 is 5.32 Å². The van der Waals surface area contributed by atoms with Gasteiger partial charge in [0.1, 0.15) is 0 Å². The molecule has 2 aliphatic rings. The molecule has 6 heteroatoms. The summed E-state index contributed by atoms with van der Waals surface area (Å²) in [4.78, 5) is 27.0. The summed E-state index contributed by atoms with van der Waals surface area (Å²) in [5.41, 5.74) is 1.34. The largest absolute Gasteiger partial charge is 0.449 e. The summed E-state index contributed by atoms with van der Waals surface area (Å²) in [6, 6.07) is 5.85. The number of halogens is 1. The number of amides is 2. The molecular formula is C19H21ClN2O3. The quantitative estimate of drug-likeness (QED) is 0.910. The Morgan fingerprint density at radius 2 is 2.08 bits per heavy atom. The van der Waals surface area contributed by atoms with E-state index in [4.69, 9.17) is 16.0 Å². The number of piperidine rings is 1. The Labute approximate surface area is 151 Å². The standard InChI is InChI=1S/C19H21ClN2O3/c1-11-14-5-2-6-15(20)17(14)25-16(11)19(24)22-9-3-4-12(10-22)18(23)21-13-7-8-13/h2,5-6,12-13H,3-4,7-10H2,1H3,(H,21,23). The molecule has 1 saturated heterocycles. The van der Waals surface area contributed by atoms with Gasteiger partial charge in [-0.05, 0) is 38.7 Å². The SMILES string of the molecule is Cc1c(C(=O)N2CCCC(C(=O)NC3CC3)C2)oc2c(Cl)cccc12. The van der Waals surface area contributed by atoms with E-state index in [1.54, 1.807) is 11.0 Å². The molecule has 0 spiro atoms. The van der Waals surface area contributed by atoms with Gasteiger partial charge in [0.2, 0.25) is 5.91 Å². The number of likely N-dealkylation sites (tertiary alicyclic amines) is 1. The average Bonchev–Trinajstić information content (AvgIpc) is 3.37. The van der Waals surface area contributed by atoms with E-state index in [1.165, 1.54) is 0 Å². The Morgan fingerprint density at radius 3 is 2.80 bits per heavy atom. The van der Waals surface area contributed by atoms with Crippen LogP contribution in [-0.2, 0) is 4.79 Å². The number of carbonyl (C=O) groups excluding carboxylic acids is 2. The van der Waals surface area contributed by atoms with E-state index >= 15 is 0 Å². The van der Waals surface area contributed by atoms with Gasteiger partial charge in [0.05, 0.1) is 10.9 Å². The normalized spacial score (nSPS) is 20.7. The first-order valence-corrected chi connectivity index (χ1v) is 9.19. The van der Waals surface area contributed by atoms with Gasteiger partial charge in [0.25, 0.3) is 5.91 Å². The molecule has 1 aliphatic heterocycles. The zero-order valence-electron chi connectivity index (χ0n) is 14.2. The van der Waals surface area contributed by atoms with Crippen LogP contribution in [0.3, 0.4) is 0 Å². The van der Waals surface area contributed by atoms with E-state index in [0.29, 0.717) is 35.5 Å². The molecule has 2 amide bonds. The molecule has 4 rings (SSSR count). The summed E-state index contributed by atoms with van der Waals surface area (Å²) >= 11 is 6.18. The zero-order chi connectivity index (χ0) is 17.6. The number of benzene rings is 1. The van der Waals surface area contributed by atoms with Crippen LogP contribution in [0.2, 0.25) is 5.02 Å². The van der Waals surface area contributed by atoms with E-state index in [1.807, 2.05) is 19.1 Å². The van der Waals surface area contributed by atoms with E-state index in [9.17, 15) is 9.59 Å². The van der Waals surface area contributed by atoms with Crippen molar-refractivity contribution < 1.29 is 14.0 Å². The summed E-state index contributed by atoms with van der Waals surface area (Å²) in [5, 5.41) is 4.40. The van der Waals surface area contributed by atoms with Crippen LogP contribution >= 0.6 is 11.6 Å². The third-order valence-electron chi connectivity index (χ3n) is 5.11. The highest BCUT2D eigenvalue weighted by Crippen LogP contribution is 2.32. The molecular weight excluding hydrogens is 340 g/mol. The third-order valence-corrected chi connectivity index (χ3v) is 5.41. The number of aryl methyl sites for hydroxylation is 1. The number of hydrogen-bond acceptors (Lipinski definition) is 3. The van der Waals surface area contributed by atoms with E-state index in [-0.39, 0.29) is 17.7 Å². The van der Waals surface area contributed by atoms with Gasteiger partial charge in [-0.3, -0.25) is 9.59 Å². The van der Waals surface area contributed by atoms with Crippen LogP contribution in [-0.4, -0.2) is 35.8 Å². The highest BCUT2D eigenvalue weighted by Gasteiger charge is 2.33. The Kier molecular flexibility index (Phi) is 4.20. The number of hydrogen-bond donors (Lipinski definition) is 1. The summed E-state index contributed by atoms with van der Waals surface area (Å²) in [7, 11) is 0. The van der Waals surface area contributed by atoms with E-state index < -0.39 is 0 Å². The third kappa shape index (κ3) is 3.13. The molecule has 1 aliphatic carbocycles. The Bertz CT molecular complexity index is 841. The Hall–Kier alpha value is -2.01. The van der Waals surface area contributed by atoms with Crippen LogP contribution in [0.4, 0.5) is 0 Å². The van der Waals surface area contributed by atoms with Gasteiger partial charge in [-0.15, -0.1) is 0 Å². The molecule has 1 aromatic carbocycles. The second-order valence-corrected chi connectivity index (χ2v) is 7.45. The minimum atomic E-state index is -0.159. The Balaban J connectivity index is 1.55. The van der Waals surface area contributed by atoms with Crippen LogP contribution in [0.25, 0.3) is 11.0 Å². The second kappa shape index (κ2) is 6.37. The lowest BCUT2D eigenvalue weighted by atomic mass is 9.96. The first-order valence-electron chi connectivity index (χ1n) is 8.82. The molecule has 132 valence electrons. The molecule has 2 heterocycles. The first kappa shape index (κ1) is 16.5. The van der Waals surface area contributed by atoms with Gasteiger partial charge in [0.15, 0.2) is 11.3 Å². The fourth-order valence-corrected chi connectivity index (χ4v) is 3.69. The Morgan fingerprint density at radius 1 is 1.28 bits per heavy atom. The first-order chi connectivity index (χ1) is 12.0. The van der Waals surface area contributed by atoms with Crippen molar-refractivity contribution in [3.8, 4) is 0 Å². The lowest BCUT2D eigenvalue weighted by Crippen LogP contribution is -2.45. The molecule has 2 aromatic rings. The maximum Gasteiger partial charge on any atom is 0.289 e. The monoisotopic (exact) mass is 360 g/mol. The van der Waals surface area contributed by atoms with Crippen molar-refractivity contribution in [2.45, 2.75) is 38.6 Å². The minimum absolute atomic E-state index is 0.0735. The minimum Gasteiger partial charge on any atom is -0.449 e. The molecule has 1 N–H and O–H groups in total. The highest BCUT2D eigenvalue weighted by atomic mass is 35.5. The molecule has 25 heavy (non-hydrogen) atoms. The van der Waals surface area contributed by atoms with Crippen molar-refractivity contribution in [2.24, 2.45) is 5.92 Å². The zero-order valence-corrected chi connectivity index (χ0v) is 14.9. The highest BCUT2D eigenvalue weighted by molar-refractivity contribution is 6.35. The molecule has 2 fully saturated rings. The van der Waals surface area contributed by atoms with Crippen molar-refractivity contribution in [3.63, 3.8) is 0 Å². The lowest BCUT2D eigenvalue weighted by Gasteiger charge is -2.31. The predicted molar refractivity (Wildman–Crippen MR) is 95.8 cm³/mol. The predicted octanol–water partition coefficient (Wildman–Crippen LogP) is 3.53. The van der Waals surface area contributed by atoms with Gasteiger partial charge < -0.3 is 14.6 Å². The van der Waals surface area contributed by atoms with Crippen LogP contribution in [0.5, 0.6) is 0 Å². The number of nitrogens with one attached hydrogen (secondary N) is 1. The number of nitrogens with zero attached hydrogens (tertiary/aromatic N) is 1. The second-order valence-electron chi connectivity index (χ2n) is 7.05. The molecule has 1 saturated carbocycles. The van der Waals surface area contributed by atoms with Crippen molar-refractivity contribution in [1.29, 1.82) is 0 Å². The molecule has 0 radical (unpaired) electrons. The lowest BCUT2D eigenvalue weighted by molar-refractivity contribution is -0.126. The number of para-hydroxylation sites is 1. The smallest absolute Gasteiger partial charge is 0.289 e. The topological polar surface area (TPSA) is 62.6 Å². The maximum absolute atomic E-state index is 13.0.